The van der Waals surface area contributed by atoms with Gasteiger partial charge in [0, 0.05) is 30.0 Å². The van der Waals surface area contributed by atoms with Gasteiger partial charge in [0.15, 0.2) is 6.61 Å². The third-order valence-corrected chi connectivity index (χ3v) is 4.26. The Morgan fingerprint density at radius 2 is 1.88 bits per heavy atom. The van der Waals surface area contributed by atoms with E-state index in [1.165, 1.54) is 11.9 Å². The Balaban J connectivity index is 1.88. The van der Waals surface area contributed by atoms with Gasteiger partial charge in [-0.25, -0.2) is 4.79 Å². The van der Waals surface area contributed by atoms with Crippen LogP contribution in [0.3, 0.4) is 0 Å². The lowest BCUT2D eigenvalue weighted by molar-refractivity contribution is -0.137. The smallest absolute Gasteiger partial charge is 0.340 e. The van der Waals surface area contributed by atoms with Crippen LogP contribution in [0.1, 0.15) is 61.4 Å². The number of nitrogens with zero attached hydrogens (tertiary/aromatic N) is 2. The fourth-order valence-electron chi connectivity index (χ4n) is 2.95. The summed E-state index contributed by atoms with van der Waals surface area (Å²) in [5.41, 5.74) is 2.03. The van der Waals surface area contributed by atoms with E-state index in [0.717, 1.165) is 24.2 Å². The first-order chi connectivity index (χ1) is 12.0. The highest BCUT2D eigenvalue weighted by Gasteiger charge is 2.29. The fourth-order valence-corrected chi connectivity index (χ4v) is 2.95. The summed E-state index contributed by atoms with van der Waals surface area (Å²) >= 11 is 0. The van der Waals surface area contributed by atoms with Crippen LogP contribution in [0.5, 0.6) is 0 Å². The van der Waals surface area contributed by atoms with Gasteiger partial charge in [0.1, 0.15) is 0 Å². The van der Waals surface area contributed by atoms with Gasteiger partial charge in [0.25, 0.3) is 5.91 Å². The van der Waals surface area contributed by atoms with E-state index < -0.39 is 11.9 Å². The summed E-state index contributed by atoms with van der Waals surface area (Å²) in [7, 11) is 1.51. The third-order valence-electron chi connectivity index (χ3n) is 4.26. The Labute approximate surface area is 154 Å². The molecule has 1 aliphatic rings. The largest absolute Gasteiger partial charge is 0.452 e. The van der Waals surface area contributed by atoms with Crippen LogP contribution in [-0.2, 0) is 14.3 Å². The molecule has 0 atom stereocenters. The summed E-state index contributed by atoms with van der Waals surface area (Å²) in [6.07, 6.45) is 2.26. The minimum Gasteiger partial charge on any atom is -0.452 e. The molecular formula is C19H29N3O4. The monoisotopic (exact) mass is 363 g/mol. The summed E-state index contributed by atoms with van der Waals surface area (Å²) in [4.78, 5) is 37.6. The summed E-state index contributed by atoms with van der Waals surface area (Å²) < 4.78 is 7.32. The lowest BCUT2D eigenvalue weighted by atomic mass is 10.1. The van der Waals surface area contributed by atoms with Gasteiger partial charge in [-0.3, -0.25) is 9.59 Å². The second kappa shape index (κ2) is 7.51. The van der Waals surface area contributed by atoms with Gasteiger partial charge in [-0.2, -0.15) is 0 Å². The van der Waals surface area contributed by atoms with Crippen LogP contribution in [0.15, 0.2) is 6.07 Å². The maximum absolute atomic E-state index is 12.3. The Bertz CT molecular complexity index is 711. The minimum atomic E-state index is -0.508. The molecule has 1 saturated carbocycles. The molecule has 1 aromatic rings. The van der Waals surface area contributed by atoms with Crippen LogP contribution in [-0.4, -0.2) is 53.0 Å². The van der Waals surface area contributed by atoms with Crippen LogP contribution < -0.4 is 5.32 Å². The number of rotatable bonds is 6. The fraction of sp³-hybridized carbons (Fsp3) is 0.632. The number of aromatic nitrogens is 1. The first kappa shape index (κ1) is 20.0. The van der Waals surface area contributed by atoms with Crippen LogP contribution in [0.25, 0.3) is 0 Å². The predicted molar refractivity (Wildman–Crippen MR) is 98.0 cm³/mol. The van der Waals surface area contributed by atoms with E-state index in [-0.39, 0.29) is 24.6 Å². The third kappa shape index (κ3) is 5.09. The molecule has 1 N–H and O–H groups in total. The Morgan fingerprint density at radius 3 is 2.42 bits per heavy atom. The number of ether oxygens (including phenoxy) is 1. The van der Waals surface area contributed by atoms with E-state index in [1.54, 1.807) is 6.07 Å². The second-order valence-corrected chi connectivity index (χ2v) is 8.01. The van der Waals surface area contributed by atoms with Crippen molar-refractivity contribution in [1.29, 1.82) is 0 Å². The lowest BCUT2D eigenvalue weighted by Gasteiger charge is -2.23. The van der Waals surface area contributed by atoms with Gasteiger partial charge in [-0.15, -0.1) is 0 Å². The number of hydrogen-bond acceptors (Lipinski definition) is 4. The maximum Gasteiger partial charge on any atom is 0.340 e. The van der Waals surface area contributed by atoms with Crippen molar-refractivity contribution in [1.82, 2.24) is 14.8 Å². The number of amides is 2. The van der Waals surface area contributed by atoms with Crippen molar-refractivity contribution in [2.24, 2.45) is 0 Å². The maximum atomic E-state index is 12.3. The normalized spacial score (nSPS) is 14.1. The first-order valence-electron chi connectivity index (χ1n) is 8.90. The highest BCUT2D eigenvalue weighted by molar-refractivity contribution is 5.93. The zero-order valence-electron chi connectivity index (χ0n) is 16.5. The molecule has 0 aliphatic heterocycles. The molecule has 7 nitrogen and oxygen atoms in total. The molecule has 144 valence electrons. The predicted octanol–water partition coefficient (Wildman–Crippen LogP) is 1.97. The Hall–Kier alpha value is -2.31. The standard InChI is InChI=1S/C19H29N3O4/c1-12-9-15(13(2)22(12)14-7-8-14)18(25)26-11-17(24)21(6)10-16(23)20-19(3,4)5/h9,14H,7-8,10-11H2,1-6H3,(H,20,23). The van der Waals surface area contributed by atoms with Crippen molar-refractivity contribution >= 4 is 17.8 Å². The zero-order chi connectivity index (χ0) is 19.6. The summed E-state index contributed by atoms with van der Waals surface area (Å²) in [6, 6.07) is 2.28. The van der Waals surface area contributed by atoms with Crippen molar-refractivity contribution in [2.75, 3.05) is 20.2 Å². The summed E-state index contributed by atoms with van der Waals surface area (Å²) in [6.45, 7) is 9.00. The highest BCUT2D eigenvalue weighted by Crippen LogP contribution is 2.38. The van der Waals surface area contributed by atoms with E-state index in [9.17, 15) is 14.4 Å². The van der Waals surface area contributed by atoms with Crippen molar-refractivity contribution in [3.63, 3.8) is 0 Å². The molecule has 0 aromatic carbocycles. The molecular weight excluding hydrogens is 334 g/mol. The number of hydrogen-bond donors (Lipinski definition) is 1. The van der Waals surface area contributed by atoms with E-state index in [1.807, 2.05) is 34.6 Å². The molecule has 1 heterocycles. The molecule has 1 aliphatic carbocycles. The molecule has 0 radical (unpaired) electrons. The summed E-state index contributed by atoms with van der Waals surface area (Å²) in [5, 5.41) is 2.79. The molecule has 0 saturated heterocycles. The number of carbonyl (C=O) groups excluding carboxylic acids is 3. The quantitative estimate of drug-likeness (QED) is 0.784. The number of esters is 1. The Kier molecular flexibility index (Phi) is 5.78. The molecule has 26 heavy (non-hydrogen) atoms. The van der Waals surface area contributed by atoms with E-state index in [2.05, 4.69) is 9.88 Å². The van der Waals surface area contributed by atoms with Gasteiger partial charge in [-0.05, 0) is 53.5 Å². The second-order valence-electron chi connectivity index (χ2n) is 8.01. The molecule has 2 amide bonds. The molecule has 0 bridgehead atoms. The Morgan fingerprint density at radius 1 is 1.27 bits per heavy atom. The van der Waals surface area contributed by atoms with Gasteiger partial charge in [0.2, 0.25) is 5.91 Å². The average molecular weight is 363 g/mol. The highest BCUT2D eigenvalue weighted by atomic mass is 16.5. The first-order valence-corrected chi connectivity index (χ1v) is 8.90. The van der Waals surface area contributed by atoms with Crippen LogP contribution in [0.4, 0.5) is 0 Å². The minimum absolute atomic E-state index is 0.0795. The number of aryl methyl sites for hydroxylation is 1. The van der Waals surface area contributed by atoms with Crippen LogP contribution >= 0.6 is 0 Å². The average Bonchev–Trinajstić information content (AvgIpc) is 3.28. The zero-order valence-corrected chi connectivity index (χ0v) is 16.5. The number of likely N-dealkylation sites (N-methyl/N-ethyl adjacent to an activating group) is 1. The van der Waals surface area contributed by atoms with Gasteiger partial charge < -0.3 is 19.5 Å². The molecule has 1 fully saturated rings. The van der Waals surface area contributed by atoms with Crippen LogP contribution in [0, 0.1) is 13.8 Å². The van der Waals surface area contributed by atoms with Crippen molar-refractivity contribution < 1.29 is 19.1 Å². The molecule has 2 rings (SSSR count). The van der Waals surface area contributed by atoms with Gasteiger partial charge in [-0.1, -0.05) is 0 Å². The SMILES string of the molecule is Cc1cc(C(=O)OCC(=O)N(C)CC(=O)NC(C)(C)C)c(C)n1C1CC1. The molecule has 7 heteroatoms. The van der Waals surface area contributed by atoms with E-state index in [4.69, 9.17) is 4.74 Å². The topological polar surface area (TPSA) is 80.6 Å². The molecule has 1 aromatic heterocycles. The number of carbonyl (C=O) groups is 3. The van der Waals surface area contributed by atoms with Crippen LogP contribution in [0.2, 0.25) is 0 Å². The molecule has 0 spiro atoms. The lowest BCUT2D eigenvalue weighted by Crippen LogP contribution is -2.46. The number of nitrogens with one attached hydrogen (secondary N) is 1. The summed E-state index contributed by atoms with van der Waals surface area (Å²) in [5.74, 6) is -1.18. The van der Waals surface area contributed by atoms with Gasteiger partial charge >= 0.3 is 5.97 Å². The van der Waals surface area contributed by atoms with Gasteiger partial charge in [0.05, 0.1) is 12.1 Å². The van der Waals surface area contributed by atoms with Crippen molar-refractivity contribution in [2.45, 2.75) is 59.0 Å². The molecule has 0 unspecified atom stereocenters. The van der Waals surface area contributed by atoms with E-state index >= 15 is 0 Å². The van der Waals surface area contributed by atoms with Crippen molar-refractivity contribution in [3.05, 3.63) is 23.0 Å². The van der Waals surface area contributed by atoms with E-state index in [0.29, 0.717) is 11.6 Å². The van der Waals surface area contributed by atoms with Crippen molar-refractivity contribution in [3.8, 4) is 0 Å².